The fraction of sp³-hybridized carbons (Fsp3) is 0.407. The Morgan fingerprint density at radius 2 is 1.91 bits per heavy atom. The number of hydrogen-bond donors (Lipinski definition) is 1. The van der Waals surface area contributed by atoms with Gasteiger partial charge in [-0.25, -0.2) is 9.38 Å². The van der Waals surface area contributed by atoms with Crippen LogP contribution in [0.25, 0.3) is 0 Å². The number of benzene rings is 1. The van der Waals surface area contributed by atoms with Crippen molar-refractivity contribution >= 4 is 17.1 Å². The van der Waals surface area contributed by atoms with Crippen LogP contribution >= 0.6 is 0 Å². The lowest BCUT2D eigenvalue weighted by Crippen LogP contribution is -2.35. The number of anilines is 1. The standard InChI is InChI=1S/C27H33FN6O/c1-4-35-22-5-6-24(23(28)17-22)31-18(2)25-19(3)32-33-27(26(25)29)21-10-15-34(16-11-21)14-9-20-7-12-30-13-8-20/h5-8,12-13,17,21H,4,9-11,14-16H2,1-3H3,(H2,29,32). The maximum atomic E-state index is 14.6. The van der Waals surface area contributed by atoms with E-state index >= 15 is 0 Å². The van der Waals surface area contributed by atoms with Gasteiger partial charge in [0.05, 0.1) is 29.4 Å². The van der Waals surface area contributed by atoms with Gasteiger partial charge < -0.3 is 15.4 Å². The Morgan fingerprint density at radius 1 is 1.17 bits per heavy atom. The van der Waals surface area contributed by atoms with Gasteiger partial charge in [0.25, 0.3) is 0 Å². The molecule has 0 aliphatic carbocycles. The first-order chi connectivity index (χ1) is 17.0. The van der Waals surface area contributed by atoms with Crippen molar-refractivity contribution in [3.63, 3.8) is 0 Å². The number of aromatic nitrogens is 3. The second-order valence-corrected chi connectivity index (χ2v) is 8.92. The summed E-state index contributed by atoms with van der Waals surface area (Å²) in [6.07, 6.45) is 6.64. The van der Waals surface area contributed by atoms with Gasteiger partial charge in [-0.15, -0.1) is 0 Å². The maximum Gasteiger partial charge on any atom is 0.152 e. The molecule has 3 aromatic rings. The third-order valence-corrected chi connectivity index (χ3v) is 6.54. The summed E-state index contributed by atoms with van der Waals surface area (Å²) in [6.45, 7) is 9.04. The van der Waals surface area contributed by atoms with Crippen LogP contribution in [0.15, 0.2) is 47.7 Å². The van der Waals surface area contributed by atoms with Crippen molar-refractivity contribution in [3.8, 4) is 5.75 Å². The van der Waals surface area contributed by atoms with Crippen molar-refractivity contribution in [2.75, 3.05) is 32.0 Å². The Morgan fingerprint density at radius 3 is 2.60 bits per heavy atom. The molecule has 0 saturated carbocycles. The number of likely N-dealkylation sites (tertiary alicyclic amines) is 1. The highest BCUT2D eigenvalue weighted by molar-refractivity contribution is 6.05. The number of pyridine rings is 1. The summed E-state index contributed by atoms with van der Waals surface area (Å²) in [5, 5.41) is 8.86. The quantitative estimate of drug-likeness (QED) is 0.467. The molecule has 1 saturated heterocycles. The topological polar surface area (TPSA) is 89.5 Å². The molecule has 3 heterocycles. The SMILES string of the molecule is CCOc1ccc(N=C(C)c2c(C)nnc(C3CCN(CCc4ccncc4)CC3)c2N)c(F)c1. The Labute approximate surface area is 206 Å². The molecule has 0 bridgehead atoms. The van der Waals surface area contributed by atoms with Crippen LogP contribution < -0.4 is 10.5 Å². The van der Waals surface area contributed by atoms with E-state index in [0.717, 1.165) is 50.2 Å². The second-order valence-electron chi connectivity index (χ2n) is 8.92. The number of piperidine rings is 1. The Balaban J connectivity index is 1.47. The molecule has 4 rings (SSSR count). The molecule has 184 valence electrons. The van der Waals surface area contributed by atoms with Crippen LogP contribution in [-0.2, 0) is 6.42 Å². The fourth-order valence-electron chi connectivity index (χ4n) is 4.65. The zero-order valence-electron chi connectivity index (χ0n) is 20.7. The van der Waals surface area contributed by atoms with E-state index in [0.29, 0.717) is 29.4 Å². The molecule has 2 aromatic heterocycles. The zero-order chi connectivity index (χ0) is 24.8. The van der Waals surface area contributed by atoms with Crippen molar-refractivity contribution in [1.29, 1.82) is 0 Å². The van der Waals surface area contributed by atoms with Crippen molar-refractivity contribution in [2.45, 2.75) is 46.0 Å². The predicted molar refractivity (Wildman–Crippen MR) is 137 cm³/mol. The van der Waals surface area contributed by atoms with Crippen LogP contribution in [0.2, 0.25) is 0 Å². The van der Waals surface area contributed by atoms with Gasteiger partial charge in [-0.2, -0.15) is 10.2 Å². The first kappa shape index (κ1) is 24.7. The van der Waals surface area contributed by atoms with E-state index in [-0.39, 0.29) is 11.6 Å². The van der Waals surface area contributed by atoms with Gasteiger partial charge >= 0.3 is 0 Å². The predicted octanol–water partition coefficient (Wildman–Crippen LogP) is 4.86. The van der Waals surface area contributed by atoms with Crippen LogP contribution in [0.4, 0.5) is 15.8 Å². The molecule has 1 aromatic carbocycles. The lowest BCUT2D eigenvalue weighted by Gasteiger charge is -2.32. The molecule has 35 heavy (non-hydrogen) atoms. The molecule has 1 aliphatic heterocycles. The van der Waals surface area contributed by atoms with E-state index in [9.17, 15) is 4.39 Å². The number of aliphatic imine (C=N–C) groups is 1. The number of ether oxygens (including phenoxy) is 1. The van der Waals surface area contributed by atoms with Gasteiger partial charge in [-0.1, -0.05) is 0 Å². The van der Waals surface area contributed by atoms with Gasteiger partial charge in [0, 0.05) is 42.2 Å². The molecule has 8 heteroatoms. The van der Waals surface area contributed by atoms with Gasteiger partial charge in [0.1, 0.15) is 5.75 Å². The van der Waals surface area contributed by atoms with E-state index in [1.807, 2.05) is 33.2 Å². The molecule has 0 atom stereocenters. The van der Waals surface area contributed by atoms with Gasteiger partial charge in [0.2, 0.25) is 0 Å². The Bertz CT molecular complexity index is 1180. The molecule has 7 nitrogen and oxygen atoms in total. The highest BCUT2D eigenvalue weighted by Gasteiger charge is 2.26. The Kier molecular flexibility index (Phi) is 8.02. The van der Waals surface area contributed by atoms with Crippen molar-refractivity contribution in [3.05, 3.63) is 71.1 Å². The number of nitrogens with two attached hydrogens (primary N) is 1. The molecular formula is C27H33FN6O. The highest BCUT2D eigenvalue weighted by atomic mass is 19.1. The van der Waals surface area contributed by atoms with Crippen LogP contribution in [0.3, 0.4) is 0 Å². The largest absolute Gasteiger partial charge is 0.494 e. The molecule has 0 radical (unpaired) electrons. The number of rotatable bonds is 8. The number of aryl methyl sites for hydroxylation is 1. The number of nitrogen functional groups attached to an aromatic ring is 1. The summed E-state index contributed by atoms with van der Waals surface area (Å²) >= 11 is 0. The third kappa shape index (κ3) is 6.00. The van der Waals surface area contributed by atoms with Gasteiger partial charge in [-0.05, 0) is 83.0 Å². The monoisotopic (exact) mass is 476 g/mol. The molecule has 0 spiro atoms. The first-order valence-electron chi connectivity index (χ1n) is 12.2. The van der Waals surface area contributed by atoms with E-state index in [1.165, 1.54) is 11.6 Å². The van der Waals surface area contributed by atoms with Crippen LogP contribution in [0.1, 0.15) is 55.1 Å². The van der Waals surface area contributed by atoms with Crippen LogP contribution in [0, 0.1) is 12.7 Å². The van der Waals surface area contributed by atoms with Crippen LogP contribution in [0.5, 0.6) is 5.75 Å². The minimum atomic E-state index is -0.437. The van der Waals surface area contributed by atoms with Gasteiger partial charge in [-0.3, -0.25) is 4.98 Å². The van der Waals surface area contributed by atoms with E-state index in [1.54, 1.807) is 12.1 Å². The van der Waals surface area contributed by atoms with Crippen molar-refractivity contribution in [2.24, 2.45) is 4.99 Å². The van der Waals surface area contributed by atoms with Crippen molar-refractivity contribution in [1.82, 2.24) is 20.1 Å². The summed E-state index contributed by atoms with van der Waals surface area (Å²) in [5.41, 5.74) is 11.6. The normalized spacial score (nSPS) is 15.4. The van der Waals surface area contributed by atoms with Crippen LogP contribution in [-0.4, -0.2) is 52.0 Å². The lowest BCUT2D eigenvalue weighted by molar-refractivity contribution is 0.213. The number of halogens is 1. The first-order valence-corrected chi connectivity index (χ1v) is 12.2. The minimum absolute atomic E-state index is 0.241. The highest BCUT2D eigenvalue weighted by Crippen LogP contribution is 2.33. The van der Waals surface area contributed by atoms with E-state index in [4.69, 9.17) is 10.5 Å². The molecule has 1 fully saturated rings. The summed E-state index contributed by atoms with van der Waals surface area (Å²) in [7, 11) is 0. The molecular weight excluding hydrogens is 443 g/mol. The lowest BCUT2D eigenvalue weighted by atomic mass is 9.90. The zero-order valence-corrected chi connectivity index (χ0v) is 20.7. The minimum Gasteiger partial charge on any atom is -0.494 e. The second kappa shape index (κ2) is 11.4. The Hall–Kier alpha value is -3.39. The smallest absolute Gasteiger partial charge is 0.152 e. The average Bonchev–Trinajstić information content (AvgIpc) is 2.86. The molecule has 0 amide bonds. The summed E-state index contributed by atoms with van der Waals surface area (Å²) in [5.74, 6) is 0.291. The number of nitrogens with zero attached hydrogens (tertiary/aromatic N) is 5. The van der Waals surface area contributed by atoms with Crippen molar-refractivity contribution < 1.29 is 9.13 Å². The van der Waals surface area contributed by atoms with E-state index < -0.39 is 5.82 Å². The summed E-state index contributed by atoms with van der Waals surface area (Å²) in [6, 6.07) is 8.82. The maximum absolute atomic E-state index is 14.6. The average molecular weight is 477 g/mol. The molecule has 1 aliphatic rings. The molecule has 2 N–H and O–H groups in total. The summed E-state index contributed by atoms with van der Waals surface area (Å²) < 4.78 is 19.9. The van der Waals surface area contributed by atoms with Gasteiger partial charge in [0.15, 0.2) is 5.82 Å². The fourth-order valence-corrected chi connectivity index (χ4v) is 4.65. The summed E-state index contributed by atoms with van der Waals surface area (Å²) in [4.78, 5) is 11.1. The number of hydrogen-bond acceptors (Lipinski definition) is 7. The third-order valence-electron chi connectivity index (χ3n) is 6.54. The molecule has 0 unspecified atom stereocenters. The van der Waals surface area contributed by atoms with E-state index in [2.05, 4.69) is 37.2 Å².